The van der Waals surface area contributed by atoms with E-state index in [-0.39, 0.29) is 30.3 Å². The van der Waals surface area contributed by atoms with Crippen LogP contribution in [-0.4, -0.2) is 42.0 Å². The van der Waals surface area contributed by atoms with Crippen LogP contribution >= 0.6 is 0 Å². The number of benzene rings is 3. The molecule has 0 saturated heterocycles. The second-order valence-corrected chi connectivity index (χ2v) is 11.5. The Morgan fingerprint density at radius 3 is 2.30 bits per heavy atom. The first kappa shape index (κ1) is 28.7. The fourth-order valence-electron chi connectivity index (χ4n) is 5.03. The molecule has 40 heavy (non-hydrogen) atoms. The molecule has 8 nitrogen and oxygen atoms in total. The number of nitrogens with one attached hydrogen (secondary N) is 4. The van der Waals surface area contributed by atoms with Crippen LogP contribution in [0.25, 0.3) is 0 Å². The van der Waals surface area contributed by atoms with Gasteiger partial charge in [0, 0.05) is 34.6 Å². The monoisotopic (exact) mass is 541 g/mol. The van der Waals surface area contributed by atoms with Crippen LogP contribution in [0.15, 0.2) is 78.9 Å². The first-order valence-electron chi connectivity index (χ1n) is 13.7. The predicted molar refractivity (Wildman–Crippen MR) is 161 cm³/mol. The van der Waals surface area contributed by atoms with Crippen molar-refractivity contribution in [1.29, 1.82) is 0 Å². The lowest BCUT2D eigenvalue weighted by Crippen LogP contribution is -2.53. The molecule has 3 aromatic carbocycles. The first-order valence-corrected chi connectivity index (χ1v) is 13.7. The van der Waals surface area contributed by atoms with E-state index in [2.05, 4.69) is 21.3 Å². The van der Waals surface area contributed by atoms with Crippen LogP contribution in [-0.2, 0) is 9.59 Å². The maximum Gasteiger partial charge on any atom is 0.319 e. The molecule has 4 rings (SSSR count). The zero-order valence-electron chi connectivity index (χ0n) is 23.8. The molecule has 1 heterocycles. The standard InChI is InChI=1S/C32H39N5O3/c1-21(2)33-23-14-11-15-24(18-23)34-31(40)35-27-19-26(22-12-7-6-8-13-22)25-16-9-10-17-28(25)37(30(27)39)20-29(38)36-32(3,4)5/h6-18,21,26-27,33H,19-20H2,1-5H3,(H,36,38)(H2,34,35,40). The molecule has 4 amide bonds. The first-order chi connectivity index (χ1) is 19.0. The summed E-state index contributed by atoms with van der Waals surface area (Å²) in [5.41, 5.74) is 3.67. The Kier molecular flexibility index (Phi) is 8.77. The summed E-state index contributed by atoms with van der Waals surface area (Å²) in [6, 6.07) is 23.9. The lowest BCUT2D eigenvalue weighted by Gasteiger charge is -2.28. The molecule has 0 bridgehead atoms. The highest BCUT2D eigenvalue weighted by atomic mass is 16.2. The third-order valence-corrected chi connectivity index (χ3v) is 6.54. The van der Waals surface area contributed by atoms with Crippen molar-refractivity contribution in [2.75, 3.05) is 22.1 Å². The molecule has 0 fully saturated rings. The summed E-state index contributed by atoms with van der Waals surface area (Å²) in [6.45, 7) is 9.62. The Balaban J connectivity index is 1.65. The van der Waals surface area contributed by atoms with Gasteiger partial charge in [0.25, 0.3) is 0 Å². The fourth-order valence-corrected chi connectivity index (χ4v) is 5.03. The number of nitrogens with zero attached hydrogens (tertiary/aromatic N) is 1. The van der Waals surface area contributed by atoms with Gasteiger partial charge in [-0.05, 0) is 76.4 Å². The van der Waals surface area contributed by atoms with E-state index in [4.69, 9.17) is 0 Å². The van der Waals surface area contributed by atoms with Gasteiger partial charge in [-0.3, -0.25) is 9.59 Å². The quantitative estimate of drug-likeness (QED) is 0.318. The number of hydrogen-bond donors (Lipinski definition) is 4. The summed E-state index contributed by atoms with van der Waals surface area (Å²) in [5.74, 6) is -0.771. The molecule has 0 aromatic heterocycles. The van der Waals surface area contributed by atoms with Gasteiger partial charge < -0.3 is 26.2 Å². The molecule has 0 saturated carbocycles. The summed E-state index contributed by atoms with van der Waals surface area (Å²) in [5, 5.41) is 12.0. The highest BCUT2D eigenvalue weighted by Crippen LogP contribution is 2.39. The maximum atomic E-state index is 14.0. The molecule has 4 N–H and O–H groups in total. The topological polar surface area (TPSA) is 103 Å². The van der Waals surface area contributed by atoms with E-state index < -0.39 is 17.6 Å². The molecule has 1 aliphatic heterocycles. The molecule has 1 aliphatic rings. The number of rotatable bonds is 7. The van der Waals surface area contributed by atoms with E-state index in [1.165, 1.54) is 4.90 Å². The number of anilines is 3. The normalized spacial score (nSPS) is 17.1. The van der Waals surface area contributed by atoms with Crippen molar-refractivity contribution in [2.24, 2.45) is 0 Å². The van der Waals surface area contributed by atoms with Crippen molar-refractivity contribution in [1.82, 2.24) is 10.6 Å². The van der Waals surface area contributed by atoms with Crippen LogP contribution in [0.3, 0.4) is 0 Å². The lowest BCUT2D eigenvalue weighted by atomic mass is 9.86. The SMILES string of the molecule is CC(C)Nc1cccc(NC(=O)NC2CC(c3ccccc3)c3ccccc3N(CC(=O)NC(C)(C)C)C2=O)c1. The van der Waals surface area contributed by atoms with Gasteiger partial charge in [-0.15, -0.1) is 0 Å². The van der Waals surface area contributed by atoms with E-state index in [1.807, 2.05) is 107 Å². The van der Waals surface area contributed by atoms with Crippen LogP contribution in [0, 0.1) is 0 Å². The number of urea groups is 1. The number of para-hydroxylation sites is 1. The van der Waals surface area contributed by atoms with E-state index in [9.17, 15) is 14.4 Å². The average Bonchev–Trinajstić information content (AvgIpc) is 2.99. The van der Waals surface area contributed by atoms with Gasteiger partial charge in [0.1, 0.15) is 12.6 Å². The van der Waals surface area contributed by atoms with Gasteiger partial charge in [-0.2, -0.15) is 0 Å². The van der Waals surface area contributed by atoms with E-state index in [1.54, 1.807) is 6.07 Å². The van der Waals surface area contributed by atoms with Crippen LogP contribution in [0.1, 0.15) is 58.1 Å². The van der Waals surface area contributed by atoms with Crippen LogP contribution in [0.2, 0.25) is 0 Å². The summed E-state index contributed by atoms with van der Waals surface area (Å²) >= 11 is 0. The summed E-state index contributed by atoms with van der Waals surface area (Å²) < 4.78 is 0. The van der Waals surface area contributed by atoms with Crippen molar-refractivity contribution >= 4 is 34.9 Å². The van der Waals surface area contributed by atoms with Crippen molar-refractivity contribution < 1.29 is 14.4 Å². The Hall–Kier alpha value is -4.33. The van der Waals surface area contributed by atoms with Gasteiger partial charge in [0.15, 0.2) is 0 Å². The molecule has 3 aromatic rings. The molecular weight excluding hydrogens is 502 g/mol. The minimum absolute atomic E-state index is 0.155. The lowest BCUT2D eigenvalue weighted by molar-refractivity contribution is -0.125. The molecule has 8 heteroatoms. The summed E-state index contributed by atoms with van der Waals surface area (Å²) in [7, 11) is 0. The van der Waals surface area contributed by atoms with E-state index in [0.29, 0.717) is 17.8 Å². The number of carbonyl (C=O) groups excluding carboxylic acids is 3. The minimum atomic E-state index is -0.864. The Morgan fingerprint density at radius 1 is 0.925 bits per heavy atom. The Bertz CT molecular complexity index is 1350. The zero-order valence-corrected chi connectivity index (χ0v) is 23.8. The third-order valence-electron chi connectivity index (χ3n) is 6.54. The van der Waals surface area contributed by atoms with Gasteiger partial charge in [0.2, 0.25) is 11.8 Å². The third kappa shape index (κ3) is 7.40. The Labute approximate surface area is 236 Å². The van der Waals surface area contributed by atoms with Crippen LogP contribution in [0.5, 0.6) is 0 Å². The molecule has 2 atom stereocenters. The van der Waals surface area contributed by atoms with Gasteiger partial charge in [-0.1, -0.05) is 54.6 Å². The fraction of sp³-hybridized carbons (Fsp3) is 0.344. The Morgan fingerprint density at radius 2 is 1.60 bits per heavy atom. The largest absolute Gasteiger partial charge is 0.383 e. The van der Waals surface area contributed by atoms with Gasteiger partial charge in [0.05, 0.1) is 0 Å². The zero-order chi connectivity index (χ0) is 28.9. The highest BCUT2D eigenvalue weighted by molar-refractivity contribution is 6.05. The average molecular weight is 542 g/mol. The predicted octanol–water partition coefficient (Wildman–Crippen LogP) is 5.48. The van der Waals surface area contributed by atoms with Crippen molar-refractivity contribution in [2.45, 2.75) is 64.6 Å². The summed E-state index contributed by atoms with van der Waals surface area (Å²) in [4.78, 5) is 41.8. The van der Waals surface area contributed by atoms with Gasteiger partial charge in [-0.25, -0.2) is 4.79 Å². The van der Waals surface area contributed by atoms with E-state index >= 15 is 0 Å². The number of amides is 4. The molecule has 0 aliphatic carbocycles. The maximum absolute atomic E-state index is 14.0. The second-order valence-electron chi connectivity index (χ2n) is 11.5. The molecular formula is C32H39N5O3. The minimum Gasteiger partial charge on any atom is -0.383 e. The number of carbonyl (C=O) groups is 3. The van der Waals surface area contributed by atoms with Crippen LogP contribution in [0.4, 0.5) is 21.9 Å². The molecule has 0 radical (unpaired) electrons. The highest BCUT2D eigenvalue weighted by Gasteiger charge is 2.37. The van der Waals surface area contributed by atoms with Crippen molar-refractivity contribution in [3.8, 4) is 0 Å². The van der Waals surface area contributed by atoms with Crippen LogP contribution < -0.4 is 26.2 Å². The number of fused-ring (bicyclic) bond motifs is 1. The van der Waals surface area contributed by atoms with Gasteiger partial charge >= 0.3 is 6.03 Å². The molecule has 210 valence electrons. The number of hydrogen-bond acceptors (Lipinski definition) is 4. The molecule has 2 unspecified atom stereocenters. The second kappa shape index (κ2) is 12.2. The van der Waals surface area contributed by atoms with Crippen molar-refractivity contribution in [3.63, 3.8) is 0 Å². The smallest absolute Gasteiger partial charge is 0.319 e. The van der Waals surface area contributed by atoms with Crippen molar-refractivity contribution in [3.05, 3.63) is 90.0 Å². The summed E-state index contributed by atoms with van der Waals surface area (Å²) in [6.07, 6.45) is 0.347. The molecule has 0 spiro atoms. The van der Waals surface area contributed by atoms with E-state index in [0.717, 1.165) is 16.8 Å².